The summed E-state index contributed by atoms with van der Waals surface area (Å²) < 4.78 is 2.04. The van der Waals surface area contributed by atoms with Gasteiger partial charge in [0.05, 0.1) is 18.8 Å². The van der Waals surface area contributed by atoms with Crippen LogP contribution < -0.4 is 10.6 Å². The highest BCUT2D eigenvalue weighted by Crippen LogP contribution is 2.11. The molecule has 0 aliphatic rings. The molecule has 0 atom stereocenters. The molecule has 0 aliphatic heterocycles. The molecule has 0 saturated heterocycles. The summed E-state index contributed by atoms with van der Waals surface area (Å²) in [7, 11) is 0. The number of hydrogen-bond donors (Lipinski definition) is 2. The third kappa shape index (κ3) is 3.62. The van der Waals surface area contributed by atoms with Crippen LogP contribution >= 0.6 is 22.7 Å². The van der Waals surface area contributed by atoms with E-state index in [0.717, 1.165) is 23.2 Å². The number of aromatic nitrogens is 2. The van der Waals surface area contributed by atoms with Crippen molar-refractivity contribution in [3.8, 4) is 0 Å². The average Bonchev–Trinajstić information content (AvgIpc) is 3.18. The Hall–Kier alpha value is -1.86. The van der Waals surface area contributed by atoms with E-state index in [1.165, 1.54) is 5.56 Å². The molecule has 0 radical (unpaired) electrons. The van der Waals surface area contributed by atoms with Crippen molar-refractivity contribution in [1.82, 2.24) is 20.0 Å². The number of thiazole rings is 1. The molecule has 0 saturated carbocycles. The maximum Gasteiger partial charge on any atom is 0.193 e. The number of nitrogens with one attached hydrogen (secondary N) is 2. The molecule has 3 aromatic heterocycles. The molecule has 0 spiro atoms. The second-order valence-corrected chi connectivity index (χ2v) is 6.16. The van der Waals surface area contributed by atoms with Gasteiger partial charge in [0, 0.05) is 24.3 Å². The van der Waals surface area contributed by atoms with E-state index >= 15 is 0 Å². The zero-order valence-electron chi connectivity index (χ0n) is 11.7. The van der Waals surface area contributed by atoms with Gasteiger partial charge in [-0.15, -0.1) is 11.3 Å². The predicted molar refractivity (Wildman–Crippen MR) is 89.0 cm³/mol. The van der Waals surface area contributed by atoms with Gasteiger partial charge in [0.25, 0.3) is 0 Å². The zero-order valence-corrected chi connectivity index (χ0v) is 13.4. The molecular formula is C14H17N5S2. The molecule has 0 aromatic carbocycles. The molecule has 2 N–H and O–H groups in total. The highest BCUT2D eigenvalue weighted by atomic mass is 32.1. The summed E-state index contributed by atoms with van der Waals surface area (Å²) in [6.45, 7) is 4.27. The van der Waals surface area contributed by atoms with E-state index < -0.39 is 0 Å². The zero-order chi connectivity index (χ0) is 14.5. The summed E-state index contributed by atoms with van der Waals surface area (Å²) in [5, 5.41) is 12.8. The van der Waals surface area contributed by atoms with Gasteiger partial charge in [0.2, 0.25) is 0 Å². The molecule has 0 bridgehead atoms. The third-order valence-corrected chi connectivity index (χ3v) is 4.43. The largest absolute Gasteiger partial charge is 0.357 e. The molecule has 0 amide bonds. The Morgan fingerprint density at radius 3 is 3.10 bits per heavy atom. The summed E-state index contributed by atoms with van der Waals surface area (Å²) in [6.07, 6.45) is 4.06. The number of aliphatic imine (C=N–C) groups is 1. The Labute approximate surface area is 131 Å². The van der Waals surface area contributed by atoms with E-state index in [1.807, 2.05) is 22.2 Å². The first kappa shape index (κ1) is 14.1. The lowest BCUT2D eigenvalue weighted by Crippen LogP contribution is -2.36. The number of hydrogen-bond acceptors (Lipinski definition) is 4. The van der Waals surface area contributed by atoms with Crippen molar-refractivity contribution in [2.45, 2.75) is 20.0 Å². The Bertz CT molecular complexity index is 682. The highest BCUT2D eigenvalue weighted by Gasteiger charge is 2.04. The lowest BCUT2D eigenvalue weighted by Gasteiger charge is -2.09. The summed E-state index contributed by atoms with van der Waals surface area (Å²) in [6, 6.07) is 2.10. The summed E-state index contributed by atoms with van der Waals surface area (Å²) in [4.78, 5) is 10.2. The van der Waals surface area contributed by atoms with Gasteiger partial charge in [-0.25, -0.2) is 9.98 Å². The van der Waals surface area contributed by atoms with Crippen LogP contribution in [-0.4, -0.2) is 21.9 Å². The predicted octanol–water partition coefficient (Wildman–Crippen LogP) is 2.71. The van der Waals surface area contributed by atoms with Crippen molar-refractivity contribution in [1.29, 1.82) is 0 Å². The van der Waals surface area contributed by atoms with Crippen LogP contribution in [0.25, 0.3) is 4.96 Å². The Balaban J connectivity index is 1.61. The van der Waals surface area contributed by atoms with Gasteiger partial charge < -0.3 is 10.6 Å². The molecule has 7 heteroatoms. The van der Waals surface area contributed by atoms with Gasteiger partial charge >= 0.3 is 0 Å². The van der Waals surface area contributed by atoms with Crippen LogP contribution in [0.2, 0.25) is 0 Å². The van der Waals surface area contributed by atoms with Crippen molar-refractivity contribution in [3.63, 3.8) is 0 Å². The molecule has 110 valence electrons. The normalized spacial score (nSPS) is 12.0. The first-order valence-electron chi connectivity index (χ1n) is 6.79. The Morgan fingerprint density at radius 2 is 2.33 bits per heavy atom. The van der Waals surface area contributed by atoms with E-state index in [1.54, 1.807) is 22.7 Å². The van der Waals surface area contributed by atoms with Crippen LogP contribution in [0.1, 0.15) is 18.2 Å². The molecule has 3 aromatic rings. The lowest BCUT2D eigenvalue weighted by molar-refractivity contribution is 0.804. The number of fused-ring (bicyclic) bond motifs is 1. The monoisotopic (exact) mass is 319 g/mol. The fourth-order valence-corrected chi connectivity index (χ4v) is 3.31. The molecule has 3 heterocycles. The van der Waals surface area contributed by atoms with E-state index in [4.69, 9.17) is 0 Å². The average molecular weight is 319 g/mol. The van der Waals surface area contributed by atoms with Crippen LogP contribution in [0.4, 0.5) is 0 Å². The first-order valence-corrected chi connectivity index (χ1v) is 8.61. The lowest BCUT2D eigenvalue weighted by atomic mass is 10.3. The van der Waals surface area contributed by atoms with Crippen LogP contribution in [0.5, 0.6) is 0 Å². The van der Waals surface area contributed by atoms with E-state index in [-0.39, 0.29) is 0 Å². The fraction of sp³-hybridized carbons (Fsp3) is 0.286. The Kier molecular flexibility index (Phi) is 4.52. The van der Waals surface area contributed by atoms with Gasteiger partial charge in [0.1, 0.15) is 0 Å². The smallest absolute Gasteiger partial charge is 0.193 e. The molecule has 0 fully saturated rings. The Morgan fingerprint density at radius 1 is 1.38 bits per heavy atom. The quantitative estimate of drug-likeness (QED) is 0.561. The first-order chi connectivity index (χ1) is 10.3. The summed E-state index contributed by atoms with van der Waals surface area (Å²) in [5.74, 6) is 0.819. The second-order valence-electron chi connectivity index (χ2n) is 4.51. The maximum absolute atomic E-state index is 4.58. The van der Waals surface area contributed by atoms with Crippen LogP contribution in [0.15, 0.2) is 39.6 Å². The van der Waals surface area contributed by atoms with Gasteiger partial charge in [-0.3, -0.25) is 4.40 Å². The summed E-state index contributed by atoms with van der Waals surface area (Å²) in [5.41, 5.74) is 2.25. The van der Waals surface area contributed by atoms with Gasteiger partial charge in [-0.2, -0.15) is 11.3 Å². The molecular weight excluding hydrogens is 302 g/mol. The standard InChI is InChI=1S/C14H17N5S2/c1-2-15-13(16-7-11-3-5-20-10-11)17-8-12-9-19-4-6-21-14(19)18-12/h3-6,9-10H,2,7-8H2,1H3,(H2,15,16,17). The highest BCUT2D eigenvalue weighted by molar-refractivity contribution is 7.15. The minimum atomic E-state index is 0.671. The van der Waals surface area contributed by atoms with Gasteiger partial charge in [-0.05, 0) is 29.3 Å². The van der Waals surface area contributed by atoms with Crippen LogP contribution in [0.3, 0.4) is 0 Å². The topological polar surface area (TPSA) is 53.7 Å². The minimum absolute atomic E-state index is 0.671. The van der Waals surface area contributed by atoms with Crippen molar-refractivity contribution in [2.75, 3.05) is 6.54 Å². The van der Waals surface area contributed by atoms with Crippen molar-refractivity contribution in [3.05, 3.63) is 45.9 Å². The molecule has 5 nitrogen and oxygen atoms in total. The van der Waals surface area contributed by atoms with Crippen molar-refractivity contribution < 1.29 is 0 Å². The molecule has 3 rings (SSSR count). The minimum Gasteiger partial charge on any atom is -0.357 e. The fourth-order valence-electron chi connectivity index (χ4n) is 1.93. The van der Waals surface area contributed by atoms with Gasteiger partial charge in [0.15, 0.2) is 10.9 Å². The molecule has 0 aliphatic carbocycles. The maximum atomic E-state index is 4.58. The van der Waals surface area contributed by atoms with E-state index in [0.29, 0.717) is 13.1 Å². The molecule has 21 heavy (non-hydrogen) atoms. The van der Waals surface area contributed by atoms with E-state index in [9.17, 15) is 0 Å². The van der Waals surface area contributed by atoms with Crippen LogP contribution in [0, 0.1) is 0 Å². The van der Waals surface area contributed by atoms with Crippen molar-refractivity contribution >= 4 is 33.6 Å². The summed E-state index contributed by atoms with van der Waals surface area (Å²) >= 11 is 3.34. The third-order valence-electron chi connectivity index (χ3n) is 2.92. The molecule has 0 unspecified atom stereocenters. The number of imidazole rings is 1. The van der Waals surface area contributed by atoms with Crippen LogP contribution in [-0.2, 0) is 13.1 Å². The number of nitrogens with zero attached hydrogens (tertiary/aromatic N) is 3. The number of guanidine groups is 1. The van der Waals surface area contributed by atoms with Crippen molar-refractivity contribution in [2.24, 2.45) is 4.99 Å². The second kappa shape index (κ2) is 6.73. The van der Waals surface area contributed by atoms with Gasteiger partial charge in [-0.1, -0.05) is 0 Å². The van der Waals surface area contributed by atoms with E-state index in [2.05, 4.69) is 44.4 Å². The SMILES string of the molecule is CCNC(=NCc1ccsc1)NCc1cn2ccsc2n1. The number of rotatable bonds is 5. The number of thiophene rings is 1.